The molecule has 0 fully saturated rings. The summed E-state index contributed by atoms with van der Waals surface area (Å²) in [5.74, 6) is 1.78. The monoisotopic (exact) mass is 770 g/mol. The molecular weight excluding hydrogens is 741 g/mol. The quantitative estimate of drug-likeness (QED) is 0.179. The van der Waals surface area contributed by atoms with Crippen LogP contribution >= 0.6 is 11.3 Å². The van der Waals surface area contributed by atoms with E-state index < -0.39 is 0 Å². The van der Waals surface area contributed by atoms with Crippen molar-refractivity contribution in [3.05, 3.63) is 182 Å². The number of para-hydroxylation sites is 2. The maximum absolute atomic E-state index is 6.60. The van der Waals surface area contributed by atoms with Crippen LogP contribution in [0.2, 0.25) is 0 Å². The molecule has 13 rings (SSSR count). The Morgan fingerprint density at radius 3 is 1.85 bits per heavy atom. The molecule has 0 saturated heterocycles. The number of aromatic nitrogens is 4. The molecule has 59 heavy (non-hydrogen) atoms. The first kappa shape index (κ1) is 32.4. The fourth-order valence-corrected chi connectivity index (χ4v) is 10.1. The molecule has 6 heteroatoms. The van der Waals surface area contributed by atoms with Crippen molar-refractivity contribution in [3.8, 4) is 39.9 Å². The van der Waals surface area contributed by atoms with Gasteiger partial charge in [0.25, 0.3) is 0 Å². The van der Waals surface area contributed by atoms with Gasteiger partial charge < -0.3 is 8.98 Å². The largest absolute Gasteiger partial charge is 0.456 e. The van der Waals surface area contributed by atoms with E-state index in [0.717, 1.165) is 66.1 Å². The van der Waals surface area contributed by atoms with E-state index in [-0.39, 0.29) is 0 Å². The number of nitrogens with zero attached hydrogens (tertiary/aromatic N) is 4. The molecule has 4 aromatic heterocycles. The minimum Gasteiger partial charge on any atom is -0.456 e. The number of hydrogen-bond acceptors (Lipinski definition) is 5. The van der Waals surface area contributed by atoms with Crippen LogP contribution in [0.15, 0.2) is 186 Å². The van der Waals surface area contributed by atoms with Crippen LogP contribution < -0.4 is 0 Å². The van der Waals surface area contributed by atoms with Crippen LogP contribution in [-0.4, -0.2) is 19.5 Å². The molecule has 0 N–H and O–H groups in total. The Balaban J connectivity index is 1.14. The number of fused-ring (bicyclic) bond motifs is 11. The second kappa shape index (κ2) is 12.4. The van der Waals surface area contributed by atoms with Crippen LogP contribution in [0.25, 0.3) is 125 Å². The van der Waals surface area contributed by atoms with Gasteiger partial charge in [0.05, 0.1) is 16.7 Å². The van der Waals surface area contributed by atoms with Gasteiger partial charge >= 0.3 is 0 Å². The number of benzene rings is 9. The number of hydrogen-bond donors (Lipinski definition) is 0. The van der Waals surface area contributed by atoms with Crippen molar-refractivity contribution in [2.75, 3.05) is 0 Å². The summed E-state index contributed by atoms with van der Waals surface area (Å²) in [4.78, 5) is 16.0. The topological polar surface area (TPSA) is 56.7 Å². The number of thiophene rings is 1. The molecule has 0 unspecified atom stereocenters. The van der Waals surface area contributed by atoms with Crippen molar-refractivity contribution in [1.29, 1.82) is 0 Å². The van der Waals surface area contributed by atoms with Crippen LogP contribution in [0.1, 0.15) is 0 Å². The summed E-state index contributed by atoms with van der Waals surface area (Å²) in [5, 5.41) is 11.6. The molecule has 0 aliphatic heterocycles. The fourth-order valence-electron chi connectivity index (χ4n) is 8.99. The molecular formula is C53H30N4OS. The molecule has 9 aromatic carbocycles. The van der Waals surface area contributed by atoms with E-state index in [0.29, 0.717) is 17.5 Å². The molecule has 0 amide bonds. The van der Waals surface area contributed by atoms with Crippen molar-refractivity contribution >= 4 is 96.8 Å². The molecule has 5 nitrogen and oxygen atoms in total. The predicted octanol–water partition coefficient (Wildman–Crippen LogP) is 14.5. The van der Waals surface area contributed by atoms with Crippen molar-refractivity contribution in [2.45, 2.75) is 0 Å². The van der Waals surface area contributed by atoms with Crippen molar-refractivity contribution < 1.29 is 4.42 Å². The Labute approximate surface area is 341 Å². The average Bonchev–Trinajstić information content (AvgIpc) is 3.96. The molecule has 0 bridgehead atoms. The van der Waals surface area contributed by atoms with Crippen LogP contribution in [0.3, 0.4) is 0 Å². The second-order valence-electron chi connectivity index (χ2n) is 15.2. The van der Waals surface area contributed by atoms with Crippen LogP contribution in [0.4, 0.5) is 0 Å². The zero-order valence-electron chi connectivity index (χ0n) is 31.4. The van der Waals surface area contributed by atoms with Gasteiger partial charge in [-0.05, 0) is 88.3 Å². The van der Waals surface area contributed by atoms with Crippen LogP contribution in [0.5, 0.6) is 0 Å². The summed E-state index contributed by atoms with van der Waals surface area (Å²) < 4.78 is 11.5. The van der Waals surface area contributed by atoms with Crippen LogP contribution in [0, 0.1) is 0 Å². The van der Waals surface area contributed by atoms with Crippen LogP contribution in [-0.2, 0) is 0 Å². The fraction of sp³-hybridized carbons (Fsp3) is 0. The molecule has 0 aliphatic carbocycles. The number of rotatable bonds is 4. The summed E-state index contributed by atoms with van der Waals surface area (Å²) in [6.07, 6.45) is 0. The molecule has 4 heterocycles. The Hall–Kier alpha value is -7.67. The van der Waals surface area contributed by atoms with Gasteiger partial charge in [-0.15, -0.1) is 11.3 Å². The normalized spacial score (nSPS) is 12.1. The predicted molar refractivity (Wildman–Crippen MR) is 246 cm³/mol. The lowest BCUT2D eigenvalue weighted by molar-refractivity contribution is 0.669. The molecule has 0 spiro atoms. The Morgan fingerprint density at radius 2 is 1.00 bits per heavy atom. The highest BCUT2D eigenvalue weighted by atomic mass is 32.1. The zero-order valence-corrected chi connectivity index (χ0v) is 32.2. The summed E-state index contributed by atoms with van der Waals surface area (Å²) in [5.41, 5.74) is 7.49. The molecule has 0 saturated carbocycles. The Kier molecular flexibility index (Phi) is 6.82. The van der Waals surface area contributed by atoms with Gasteiger partial charge in [-0.1, -0.05) is 115 Å². The van der Waals surface area contributed by atoms with Gasteiger partial charge in [0, 0.05) is 58.4 Å². The van der Waals surface area contributed by atoms with Gasteiger partial charge in [0.15, 0.2) is 17.5 Å². The Bertz CT molecular complexity index is 3870. The van der Waals surface area contributed by atoms with Gasteiger partial charge in [-0.25, -0.2) is 15.0 Å². The standard InChI is InChI=1S/C53H30N4OS/c1-2-12-32-25-35(22-21-31(32)11-1)51-54-52(36-23-24-50-42(27-36)39-17-7-10-20-49(39)59-50)56-53(55-51)43-30-48-41(38-16-6-9-19-47(38)58-48)29-46(43)57-44-18-8-5-15-37(44)40-26-33-13-3-4-14-34(33)28-45(40)57/h1-30H. The van der Waals surface area contributed by atoms with Crippen molar-refractivity contribution in [3.63, 3.8) is 0 Å². The third kappa shape index (κ3) is 5.00. The van der Waals surface area contributed by atoms with Crippen molar-refractivity contribution in [2.24, 2.45) is 0 Å². The molecule has 0 aliphatic rings. The lowest BCUT2D eigenvalue weighted by Crippen LogP contribution is -2.04. The summed E-state index contributed by atoms with van der Waals surface area (Å²) in [7, 11) is 0. The third-order valence-corrected chi connectivity index (χ3v) is 12.9. The van der Waals surface area contributed by atoms with Gasteiger partial charge in [0.1, 0.15) is 11.2 Å². The second-order valence-corrected chi connectivity index (χ2v) is 16.3. The molecule has 0 atom stereocenters. The first-order valence-corrected chi connectivity index (χ1v) is 20.6. The summed E-state index contributed by atoms with van der Waals surface area (Å²) in [6, 6.07) is 64.5. The van der Waals surface area contributed by atoms with E-state index in [4.69, 9.17) is 19.4 Å². The highest BCUT2D eigenvalue weighted by Gasteiger charge is 2.23. The van der Waals surface area contributed by atoms with Crippen molar-refractivity contribution in [1.82, 2.24) is 19.5 Å². The molecule has 0 radical (unpaired) electrons. The summed E-state index contributed by atoms with van der Waals surface area (Å²) >= 11 is 1.81. The minimum atomic E-state index is 0.567. The maximum atomic E-state index is 6.60. The summed E-state index contributed by atoms with van der Waals surface area (Å²) in [6.45, 7) is 0. The van der Waals surface area contributed by atoms with Gasteiger partial charge in [-0.3, -0.25) is 0 Å². The lowest BCUT2D eigenvalue weighted by atomic mass is 10.0. The first-order valence-electron chi connectivity index (χ1n) is 19.8. The van der Waals surface area contributed by atoms with E-state index in [1.165, 1.54) is 41.7 Å². The van der Waals surface area contributed by atoms with E-state index in [9.17, 15) is 0 Å². The van der Waals surface area contributed by atoms with Gasteiger partial charge in [0.2, 0.25) is 0 Å². The SMILES string of the molecule is c1ccc2cc(-c3nc(-c4ccc5sc6ccccc6c5c4)nc(-c4cc5oc6ccccc6c5cc4-n4c5ccccc5c5cc6ccccc6cc54)n3)ccc2c1. The third-order valence-electron chi connectivity index (χ3n) is 11.8. The average molecular weight is 771 g/mol. The zero-order chi connectivity index (χ0) is 38.6. The maximum Gasteiger partial charge on any atom is 0.166 e. The minimum absolute atomic E-state index is 0.567. The van der Waals surface area contributed by atoms with E-state index in [1.807, 2.05) is 12.1 Å². The Morgan fingerprint density at radius 1 is 0.373 bits per heavy atom. The highest BCUT2D eigenvalue weighted by Crippen LogP contribution is 2.42. The van der Waals surface area contributed by atoms with E-state index in [2.05, 4.69) is 174 Å². The van der Waals surface area contributed by atoms with E-state index >= 15 is 0 Å². The molecule has 13 aromatic rings. The van der Waals surface area contributed by atoms with E-state index in [1.54, 1.807) is 11.3 Å². The molecule has 274 valence electrons. The first-order chi connectivity index (χ1) is 29.2. The smallest absolute Gasteiger partial charge is 0.166 e. The lowest BCUT2D eigenvalue weighted by Gasteiger charge is -2.15. The highest BCUT2D eigenvalue weighted by molar-refractivity contribution is 7.25. The number of furan rings is 1. The van der Waals surface area contributed by atoms with Gasteiger partial charge in [-0.2, -0.15) is 0 Å².